The Hall–Kier alpha value is -3.48. The molecule has 1 aromatic heterocycles. The molecule has 4 rings (SSSR count). The maximum atomic E-state index is 12.9. The molecule has 30 heavy (non-hydrogen) atoms. The number of rotatable bonds is 3. The van der Waals surface area contributed by atoms with Gasteiger partial charge in [-0.25, -0.2) is 0 Å². The van der Waals surface area contributed by atoms with E-state index in [0.29, 0.717) is 11.4 Å². The molecule has 0 saturated carbocycles. The lowest BCUT2D eigenvalue weighted by atomic mass is 10.0. The molecule has 0 radical (unpaired) electrons. The molecule has 0 unspecified atom stereocenters. The van der Waals surface area contributed by atoms with Gasteiger partial charge in [0.25, 0.3) is 5.91 Å². The Morgan fingerprint density at radius 1 is 1.00 bits per heavy atom. The van der Waals surface area contributed by atoms with E-state index in [1.54, 1.807) is 18.7 Å². The van der Waals surface area contributed by atoms with Crippen LogP contribution in [0.25, 0.3) is 5.69 Å². The second-order valence-electron chi connectivity index (χ2n) is 7.79. The lowest BCUT2D eigenvalue weighted by Gasteiger charge is -2.28. The number of anilines is 2. The Kier molecular flexibility index (Phi) is 5.11. The minimum absolute atomic E-state index is 0.0337. The van der Waals surface area contributed by atoms with E-state index in [4.69, 9.17) is 0 Å². The average Bonchev–Trinajstić information content (AvgIpc) is 3.08. The Morgan fingerprint density at radius 2 is 1.77 bits per heavy atom. The summed E-state index contributed by atoms with van der Waals surface area (Å²) in [6.45, 7) is 8.12. The minimum atomic E-state index is -0.303. The van der Waals surface area contributed by atoms with Crippen molar-refractivity contribution in [1.29, 1.82) is 0 Å². The fourth-order valence-corrected chi connectivity index (χ4v) is 3.92. The van der Waals surface area contributed by atoms with Crippen molar-refractivity contribution in [3.05, 3.63) is 64.5 Å². The van der Waals surface area contributed by atoms with Crippen LogP contribution in [-0.4, -0.2) is 33.4 Å². The summed E-state index contributed by atoms with van der Waals surface area (Å²) in [5.74, 6) is -0.269. The highest BCUT2D eigenvalue weighted by atomic mass is 16.2. The lowest BCUT2D eigenvalue weighted by Crippen LogP contribution is -2.33. The van der Waals surface area contributed by atoms with Crippen LogP contribution in [-0.2, 0) is 11.2 Å². The summed E-state index contributed by atoms with van der Waals surface area (Å²) in [4.78, 5) is 28.0. The van der Waals surface area contributed by atoms with Crippen molar-refractivity contribution in [3.63, 3.8) is 0 Å². The van der Waals surface area contributed by atoms with Crippen molar-refractivity contribution in [2.24, 2.45) is 0 Å². The molecule has 0 aliphatic carbocycles. The number of carbonyl (C=O) groups is 2. The predicted molar refractivity (Wildman–Crippen MR) is 116 cm³/mol. The van der Waals surface area contributed by atoms with E-state index in [1.165, 1.54) is 4.80 Å². The molecule has 0 saturated heterocycles. The standard InChI is InChI=1S/C23H25N5O2/c1-14-7-9-20(15(2)12-14)28-25-16(3)22(26-28)23(30)24-19-8-10-21-18(13-19)6-5-11-27(21)17(4)29/h7-10,12-13H,5-6,11H2,1-4H3,(H,24,30). The van der Waals surface area contributed by atoms with Crippen LogP contribution in [0.2, 0.25) is 0 Å². The van der Waals surface area contributed by atoms with Gasteiger partial charge in [0.05, 0.1) is 11.4 Å². The van der Waals surface area contributed by atoms with E-state index < -0.39 is 0 Å². The smallest absolute Gasteiger partial charge is 0.278 e. The molecule has 1 N–H and O–H groups in total. The molecule has 0 spiro atoms. The van der Waals surface area contributed by atoms with Gasteiger partial charge >= 0.3 is 0 Å². The van der Waals surface area contributed by atoms with Gasteiger partial charge in [0, 0.05) is 24.8 Å². The molecular formula is C23H25N5O2. The van der Waals surface area contributed by atoms with Crippen LogP contribution in [0.5, 0.6) is 0 Å². The van der Waals surface area contributed by atoms with Crippen LogP contribution in [0.1, 0.15) is 46.2 Å². The fraction of sp³-hybridized carbons (Fsp3) is 0.304. The van der Waals surface area contributed by atoms with Crippen molar-refractivity contribution in [2.75, 3.05) is 16.8 Å². The molecule has 7 nitrogen and oxygen atoms in total. The first-order valence-electron chi connectivity index (χ1n) is 10.1. The molecule has 2 heterocycles. The van der Waals surface area contributed by atoms with E-state index in [0.717, 1.165) is 47.5 Å². The summed E-state index contributed by atoms with van der Waals surface area (Å²) >= 11 is 0. The molecule has 7 heteroatoms. The van der Waals surface area contributed by atoms with Gasteiger partial charge in [-0.05, 0) is 69.0 Å². The van der Waals surface area contributed by atoms with Crippen molar-refractivity contribution in [2.45, 2.75) is 40.5 Å². The Bertz CT molecular complexity index is 1150. The molecular weight excluding hydrogens is 378 g/mol. The second kappa shape index (κ2) is 7.74. The summed E-state index contributed by atoms with van der Waals surface area (Å²) in [5.41, 5.74) is 6.57. The van der Waals surface area contributed by atoms with Crippen molar-refractivity contribution in [1.82, 2.24) is 15.0 Å². The zero-order chi connectivity index (χ0) is 21.4. The van der Waals surface area contributed by atoms with E-state index in [2.05, 4.69) is 21.6 Å². The van der Waals surface area contributed by atoms with Gasteiger partial charge in [0.15, 0.2) is 5.69 Å². The van der Waals surface area contributed by atoms with Crippen molar-refractivity contribution in [3.8, 4) is 5.69 Å². The molecule has 0 fully saturated rings. The number of amides is 2. The van der Waals surface area contributed by atoms with E-state index >= 15 is 0 Å². The van der Waals surface area contributed by atoms with Crippen LogP contribution in [0.15, 0.2) is 36.4 Å². The van der Waals surface area contributed by atoms with Crippen LogP contribution < -0.4 is 10.2 Å². The van der Waals surface area contributed by atoms with Gasteiger partial charge in [-0.2, -0.15) is 9.90 Å². The number of nitrogens with one attached hydrogen (secondary N) is 1. The number of benzene rings is 2. The first-order chi connectivity index (χ1) is 14.3. The number of carbonyl (C=O) groups excluding carboxylic acids is 2. The van der Waals surface area contributed by atoms with Crippen molar-refractivity contribution >= 4 is 23.2 Å². The highest BCUT2D eigenvalue weighted by molar-refractivity contribution is 6.04. The van der Waals surface area contributed by atoms with Gasteiger partial charge in [-0.15, -0.1) is 5.10 Å². The highest BCUT2D eigenvalue weighted by Gasteiger charge is 2.21. The molecule has 2 amide bonds. The predicted octanol–water partition coefficient (Wildman–Crippen LogP) is 3.74. The largest absolute Gasteiger partial charge is 0.321 e. The van der Waals surface area contributed by atoms with E-state index in [1.807, 2.05) is 44.2 Å². The van der Waals surface area contributed by atoms with Crippen LogP contribution in [0.3, 0.4) is 0 Å². The number of aromatic nitrogens is 3. The number of nitrogens with zero attached hydrogens (tertiary/aromatic N) is 4. The summed E-state index contributed by atoms with van der Waals surface area (Å²) in [6, 6.07) is 11.7. The molecule has 0 bridgehead atoms. The molecule has 0 atom stereocenters. The van der Waals surface area contributed by atoms with Crippen molar-refractivity contribution < 1.29 is 9.59 Å². The van der Waals surface area contributed by atoms with E-state index in [9.17, 15) is 9.59 Å². The maximum absolute atomic E-state index is 12.9. The monoisotopic (exact) mass is 403 g/mol. The number of hydrogen-bond donors (Lipinski definition) is 1. The first kappa shape index (κ1) is 19.8. The summed E-state index contributed by atoms with van der Waals surface area (Å²) in [6.07, 6.45) is 1.79. The SMILES string of the molecule is CC(=O)N1CCCc2cc(NC(=O)c3nn(-c4ccc(C)cc4C)nc3C)ccc21. The normalized spacial score (nSPS) is 13.1. The molecule has 3 aromatic rings. The Labute approximate surface area is 175 Å². The lowest BCUT2D eigenvalue weighted by molar-refractivity contribution is -0.116. The van der Waals surface area contributed by atoms with Gasteiger partial charge in [-0.1, -0.05) is 17.7 Å². The van der Waals surface area contributed by atoms with Crippen LogP contribution in [0.4, 0.5) is 11.4 Å². The van der Waals surface area contributed by atoms with Gasteiger partial charge in [0.1, 0.15) is 0 Å². The minimum Gasteiger partial charge on any atom is -0.321 e. The Balaban J connectivity index is 1.58. The van der Waals surface area contributed by atoms with E-state index in [-0.39, 0.29) is 17.5 Å². The van der Waals surface area contributed by atoms with Crippen LogP contribution >= 0.6 is 0 Å². The maximum Gasteiger partial charge on any atom is 0.278 e. The topological polar surface area (TPSA) is 80.1 Å². The van der Waals surface area contributed by atoms with Crippen LogP contribution in [0, 0.1) is 20.8 Å². The third-order valence-electron chi connectivity index (χ3n) is 5.40. The summed E-state index contributed by atoms with van der Waals surface area (Å²) in [7, 11) is 0. The zero-order valence-electron chi connectivity index (χ0n) is 17.7. The van der Waals surface area contributed by atoms with Gasteiger partial charge in [0.2, 0.25) is 5.91 Å². The third kappa shape index (κ3) is 3.70. The summed E-state index contributed by atoms with van der Waals surface area (Å²) in [5, 5.41) is 11.8. The third-order valence-corrected chi connectivity index (χ3v) is 5.40. The number of hydrogen-bond acceptors (Lipinski definition) is 4. The Morgan fingerprint density at radius 3 is 2.50 bits per heavy atom. The highest BCUT2D eigenvalue weighted by Crippen LogP contribution is 2.30. The number of fused-ring (bicyclic) bond motifs is 1. The molecule has 1 aliphatic rings. The summed E-state index contributed by atoms with van der Waals surface area (Å²) < 4.78 is 0. The quantitative estimate of drug-likeness (QED) is 0.722. The molecule has 1 aliphatic heterocycles. The van der Waals surface area contributed by atoms with Gasteiger partial charge in [-0.3, -0.25) is 9.59 Å². The first-order valence-corrected chi connectivity index (χ1v) is 10.1. The zero-order valence-corrected chi connectivity index (χ0v) is 17.7. The van der Waals surface area contributed by atoms with Gasteiger partial charge < -0.3 is 10.2 Å². The molecule has 154 valence electrons. The number of aryl methyl sites for hydroxylation is 4. The average molecular weight is 403 g/mol. The fourth-order valence-electron chi connectivity index (χ4n) is 3.92. The molecule has 2 aromatic carbocycles. The second-order valence-corrected chi connectivity index (χ2v) is 7.79.